The van der Waals surface area contributed by atoms with E-state index in [-0.39, 0.29) is 18.5 Å². The molecular weight excluding hydrogens is 669 g/mol. The number of hydrogen-bond acceptors (Lipinski definition) is 8. The van der Waals surface area contributed by atoms with Gasteiger partial charge in [0.15, 0.2) is 17.9 Å². The number of hydrogen-bond donors (Lipinski definition) is 1. The molecule has 0 spiro atoms. The summed E-state index contributed by atoms with van der Waals surface area (Å²) < 4.78 is 33.8. The van der Waals surface area contributed by atoms with Gasteiger partial charge in [-0.15, -0.1) is 5.54 Å². The van der Waals surface area contributed by atoms with Crippen molar-refractivity contribution in [3.05, 3.63) is 135 Å². The zero-order chi connectivity index (χ0) is 35.6. The molecule has 5 rings (SSSR count). The van der Waals surface area contributed by atoms with Gasteiger partial charge < -0.3 is 23.7 Å². The summed E-state index contributed by atoms with van der Waals surface area (Å²) in [6.07, 6.45) is -1.65. The molecule has 1 N–H and O–H groups in total. The highest BCUT2D eigenvalue weighted by Crippen LogP contribution is 2.42. The maximum atomic E-state index is 13.5. The first-order valence-electron chi connectivity index (χ1n) is 17.0. The number of ether oxygens (including phenoxy) is 5. The Morgan fingerprint density at radius 3 is 2.08 bits per heavy atom. The Balaban J connectivity index is 1.65. The summed E-state index contributed by atoms with van der Waals surface area (Å²) in [7, 11) is -2.04. The molecule has 4 aromatic rings. The molecule has 1 aliphatic rings. The van der Waals surface area contributed by atoms with E-state index in [2.05, 4.69) is 37.2 Å². The molecule has 1 fully saturated rings. The Kier molecular flexibility index (Phi) is 12.6. The number of aryl methyl sites for hydroxylation is 1. The topological polar surface area (TPSA) is 101 Å². The van der Waals surface area contributed by atoms with E-state index < -0.39 is 43.4 Å². The number of nitrogens with one attached hydrogen (secondary N) is 1. The number of aromatic nitrogens is 2. The van der Waals surface area contributed by atoms with Crippen LogP contribution >= 0.6 is 12.2 Å². The Hall–Kier alpha value is -4.31. The number of aromatic amines is 1. The lowest BCUT2D eigenvalue weighted by Crippen LogP contribution is -2.49. The first-order valence-corrected chi connectivity index (χ1v) is 20.0. The predicted molar refractivity (Wildman–Crippen MR) is 200 cm³/mol. The Labute approximate surface area is 299 Å². The smallest absolute Gasteiger partial charge is 0.358 e. The average molecular weight is 713 g/mol. The number of para-hydroxylation sites is 1. The molecule has 0 amide bonds. The van der Waals surface area contributed by atoms with Crippen LogP contribution in [0.2, 0.25) is 18.1 Å². The van der Waals surface area contributed by atoms with Crippen molar-refractivity contribution in [2.45, 2.75) is 83.1 Å². The third-order valence-corrected chi connectivity index (χ3v) is 14.1. The van der Waals surface area contributed by atoms with Gasteiger partial charge in [0, 0.05) is 24.0 Å². The lowest BCUT2D eigenvalue weighted by molar-refractivity contribution is -0.124. The Morgan fingerprint density at radius 2 is 1.48 bits per heavy atom. The highest BCUT2D eigenvalue weighted by Gasteiger charge is 2.59. The molecule has 11 heteroatoms. The molecular formula is C39H44N2O7SSi. The minimum Gasteiger partial charge on any atom is -0.445 e. The molecule has 1 aliphatic heterocycles. The average Bonchev–Trinajstić information content (AvgIpc) is 3.43. The SMILES string of the molecule is CC[Si](C#C[C@]1(COCc2ccccc2)O[C@@H](n2cc(C)c(=O)[nH]c2=O)[C@H](OC(=S)Oc2ccccc2)[C@@H]1OCc1ccccc1)(CC)CC. The summed E-state index contributed by atoms with van der Waals surface area (Å²) >= 11 is 5.63. The number of rotatable bonds is 13. The second-order valence-electron chi connectivity index (χ2n) is 12.4. The summed E-state index contributed by atoms with van der Waals surface area (Å²) in [6.45, 7) is 8.64. The van der Waals surface area contributed by atoms with Gasteiger partial charge in [0.2, 0.25) is 0 Å². The molecule has 0 aliphatic carbocycles. The fourth-order valence-electron chi connectivity index (χ4n) is 5.99. The molecule has 3 aromatic carbocycles. The molecule has 262 valence electrons. The Morgan fingerprint density at radius 1 is 0.900 bits per heavy atom. The molecule has 2 heterocycles. The minimum atomic E-state index is -2.04. The number of thiocarbonyl (C=S) groups is 1. The van der Waals surface area contributed by atoms with E-state index in [9.17, 15) is 9.59 Å². The van der Waals surface area contributed by atoms with Crippen molar-refractivity contribution < 1.29 is 23.7 Å². The van der Waals surface area contributed by atoms with Gasteiger partial charge in [-0.25, -0.2) is 4.79 Å². The normalized spacial score (nSPS) is 20.1. The van der Waals surface area contributed by atoms with E-state index in [1.54, 1.807) is 19.1 Å². The molecule has 0 saturated carbocycles. The number of benzene rings is 3. The summed E-state index contributed by atoms with van der Waals surface area (Å²) in [5.74, 6) is 4.03. The molecule has 0 unspecified atom stereocenters. The van der Waals surface area contributed by atoms with Gasteiger partial charge in [0.25, 0.3) is 5.56 Å². The van der Waals surface area contributed by atoms with Crippen LogP contribution < -0.4 is 16.0 Å². The quantitative estimate of drug-likeness (QED) is 0.0928. The molecule has 1 aromatic heterocycles. The van der Waals surface area contributed by atoms with Gasteiger partial charge in [0.05, 0.1) is 19.8 Å². The van der Waals surface area contributed by atoms with Crippen LogP contribution in [0.3, 0.4) is 0 Å². The van der Waals surface area contributed by atoms with Crippen LogP contribution in [0.25, 0.3) is 0 Å². The lowest BCUT2D eigenvalue weighted by atomic mass is 9.96. The van der Waals surface area contributed by atoms with E-state index in [0.717, 1.165) is 29.3 Å². The van der Waals surface area contributed by atoms with Crippen LogP contribution in [0.4, 0.5) is 0 Å². The van der Waals surface area contributed by atoms with Crippen LogP contribution in [0.5, 0.6) is 5.75 Å². The van der Waals surface area contributed by atoms with Gasteiger partial charge in [-0.05, 0) is 48.3 Å². The summed E-state index contributed by atoms with van der Waals surface area (Å²) in [4.78, 5) is 28.3. The number of H-pyrrole nitrogens is 1. The fraction of sp³-hybridized carbons (Fsp3) is 0.359. The van der Waals surface area contributed by atoms with Gasteiger partial charge >= 0.3 is 10.9 Å². The first kappa shape index (κ1) is 37.0. The van der Waals surface area contributed by atoms with Crippen molar-refractivity contribution in [3.63, 3.8) is 0 Å². The van der Waals surface area contributed by atoms with Crippen molar-refractivity contribution in [3.8, 4) is 17.2 Å². The van der Waals surface area contributed by atoms with Gasteiger partial charge in [-0.2, -0.15) is 0 Å². The van der Waals surface area contributed by atoms with Gasteiger partial charge in [-0.1, -0.05) is 106 Å². The number of nitrogens with zero attached hydrogens (tertiary/aromatic N) is 1. The third kappa shape index (κ3) is 8.88. The summed E-state index contributed by atoms with van der Waals surface area (Å²) in [5.41, 5.74) is 3.32. The monoisotopic (exact) mass is 712 g/mol. The van der Waals surface area contributed by atoms with Crippen LogP contribution in [-0.2, 0) is 32.2 Å². The second-order valence-corrected chi connectivity index (χ2v) is 17.7. The molecule has 0 radical (unpaired) electrons. The van der Waals surface area contributed by atoms with Crippen molar-refractivity contribution in [2.75, 3.05) is 6.61 Å². The highest BCUT2D eigenvalue weighted by atomic mass is 32.1. The van der Waals surface area contributed by atoms with E-state index in [0.29, 0.717) is 17.9 Å². The molecule has 4 atom stereocenters. The van der Waals surface area contributed by atoms with Gasteiger partial charge in [-0.3, -0.25) is 14.3 Å². The van der Waals surface area contributed by atoms with E-state index in [4.69, 9.17) is 35.9 Å². The van der Waals surface area contributed by atoms with Crippen molar-refractivity contribution in [2.24, 2.45) is 0 Å². The minimum absolute atomic E-state index is 0.00424. The first-order chi connectivity index (χ1) is 24.2. The van der Waals surface area contributed by atoms with Crippen molar-refractivity contribution >= 4 is 25.5 Å². The highest BCUT2D eigenvalue weighted by molar-refractivity contribution is 7.79. The standard InChI is InChI=1S/C39H44N2O7SSi/c1-5-50(6-2,7-3)24-23-39(28-44-26-30-17-11-8-12-18-30)34(45-27-31-19-13-9-14-20-31)33(47-38(49)46-32-21-15-10-16-22-32)36(48-39)41-25-29(4)35(42)40-37(41)43/h8-22,25,33-34,36H,5-7,26-28H2,1-4H3,(H,40,42,43)/t33-,34+,36-,39-/m1/s1. The van der Waals surface area contributed by atoms with E-state index in [1.165, 1.54) is 10.8 Å². The van der Waals surface area contributed by atoms with E-state index >= 15 is 0 Å². The largest absolute Gasteiger partial charge is 0.445 e. The summed E-state index contributed by atoms with van der Waals surface area (Å²) in [6, 6.07) is 31.5. The van der Waals surface area contributed by atoms with Crippen LogP contribution in [0, 0.1) is 18.4 Å². The van der Waals surface area contributed by atoms with Crippen LogP contribution in [-0.4, -0.2) is 47.3 Å². The van der Waals surface area contributed by atoms with Crippen molar-refractivity contribution in [1.82, 2.24) is 9.55 Å². The van der Waals surface area contributed by atoms with Crippen LogP contribution in [0.15, 0.2) is 107 Å². The molecule has 1 saturated heterocycles. The molecule has 50 heavy (non-hydrogen) atoms. The van der Waals surface area contributed by atoms with E-state index in [1.807, 2.05) is 78.9 Å². The van der Waals surface area contributed by atoms with Crippen LogP contribution in [0.1, 0.15) is 43.7 Å². The lowest BCUT2D eigenvalue weighted by Gasteiger charge is -2.31. The van der Waals surface area contributed by atoms with Crippen molar-refractivity contribution in [1.29, 1.82) is 0 Å². The summed E-state index contributed by atoms with van der Waals surface area (Å²) in [5, 5.41) is -0.189. The zero-order valence-electron chi connectivity index (χ0n) is 28.9. The molecule has 9 nitrogen and oxygen atoms in total. The van der Waals surface area contributed by atoms with Gasteiger partial charge in [0.1, 0.15) is 19.9 Å². The predicted octanol–water partition coefficient (Wildman–Crippen LogP) is 6.72. The molecule has 0 bridgehead atoms. The second kappa shape index (κ2) is 17.1. The maximum absolute atomic E-state index is 13.5. The fourth-order valence-corrected chi connectivity index (χ4v) is 8.70. The zero-order valence-corrected chi connectivity index (χ0v) is 30.7. The Bertz CT molecular complexity index is 1880. The maximum Gasteiger partial charge on any atom is 0.358 e. The third-order valence-electron chi connectivity index (χ3n) is 9.24.